The van der Waals surface area contributed by atoms with Gasteiger partial charge in [0.1, 0.15) is 17.9 Å². The minimum Gasteiger partial charge on any atom is -0.486 e. The van der Waals surface area contributed by atoms with Crippen molar-refractivity contribution in [2.75, 3.05) is 13.2 Å². The summed E-state index contributed by atoms with van der Waals surface area (Å²) in [6, 6.07) is 7.68. The first-order chi connectivity index (χ1) is 9.83. The highest BCUT2D eigenvalue weighted by Crippen LogP contribution is 2.42. The van der Waals surface area contributed by atoms with E-state index in [-0.39, 0.29) is 5.56 Å². The van der Waals surface area contributed by atoms with Crippen LogP contribution in [0.15, 0.2) is 35.4 Å². The van der Waals surface area contributed by atoms with Crippen molar-refractivity contribution < 1.29 is 9.47 Å². The molecule has 4 rings (SSSR count). The summed E-state index contributed by atoms with van der Waals surface area (Å²) < 4.78 is 11.9. The van der Waals surface area contributed by atoms with E-state index in [1.54, 1.807) is 0 Å². The summed E-state index contributed by atoms with van der Waals surface area (Å²) in [6.45, 7) is 1.10. The Morgan fingerprint density at radius 3 is 3.05 bits per heavy atom. The van der Waals surface area contributed by atoms with E-state index in [0.717, 1.165) is 21.9 Å². The molecule has 0 atom stereocenters. The van der Waals surface area contributed by atoms with Crippen LogP contribution in [0.4, 0.5) is 0 Å². The Hall–Kier alpha value is -2.34. The first kappa shape index (κ1) is 11.5. The van der Waals surface area contributed by atoms with Crippen LogP contribution in [0.2, 0.25) is 0 Å². The first-order valence-corrected chi connectivity index (χ1v) is 7.01. The zero-order valence-corrected chi connectivity index (χ0v) is 11.2. The van der Waals surface area contributed by atoms with Gasteiger partial charge in [-0.05, 0) is 18.2 Å². The fourth-order valence-electron chi connectivity index (χ4n) is 2.27. The molecule has 100 valence electrons. The predicted octanol–water partition coefficient (Wildman–Crippen LogP) is 2.42. The van der Waals surface area contributed by atoms with Crippen LogP contribution in [0.1, 0.15) is 0 Å². The third kappa shape index (κ3) is 1.69. The zero-order valence-electron chi connectivity index (χ0n) is 10.4. The summed E-state index contributed by atoms with van der Waals surface area (Å²) >= 11 is 1.41. The molecule has 1 aromatic carbocycles. The molecule has 1 N–H and O–H groups in total. The number of rotatable bonds is 1. The number of nitrogens with one attached hydrogen (secondary N) is 1. The molecule has 0 radical (unpaired) electrons. The highest BCUT2D eigenvalue weighted by Gasteiger charge is 2.18. The smallest absolute Gasteiger partial charge is 0.268 e. The summed E-state index contributed by atoms with van der Waals surface area (Å²) in [5.41, 5.74) is 1.51. The van der Waals surface area contributed by atoms with Crippen molar-refractivity contribution in [2.24, 2.45) is 0 Å². The molecule has 1 aliphatic rings. The number of hydrogen-bond acceptors (Lipinski definition) is 5. The second-order valence-corrected chi connectivity index (χ2v) is 5.44. The Balaban J connectivity index is 1.95. The van der Waals surface area contributed by atoms with Gasteiger partial charge in [-0.15, -0.1) is 11.3 Å². The van der Waals surface area contributed by atoms with E-state index in [9.17, 15) is 4.79 Å². The summed E-state index contributed by atoms with van der Waals surface area (Å²) in [6.07, 6.45) is 1.42. The maximum absolute atomic E-state index is 11.8. The molecule has 6 heteroatoms. The minimum absolute atomic E-state index is 0.117. The van der Waals surface area contributed by atoms with Gasteiger partial charge < -0.3 is 14.5 Å². The number of thiophene rings is 1. The van der Waals surface area contributed by atoms with Crippen LogP contribution in [0, 0.1) is 0 Å². The van der Waals surface area contributed by atoms with Crippen LogP contribution in [-0.4, -0.2) is 23.2 Å². The number of para-hydroxylation sites is 1. The molecule has 0 spiro atoms. The molecule has 0 saturated heterocycles. The van der Waals surface area contributed by atoms with E-state index in [1.165, 1.54) is 17.7 Å². The Kier molecular flexibility index (Phi) is 2.50. The Labute approximate surface area is 117 Å². The van der Waals surface area contributed by atoms with Crippen molar-refractivity contribution in [3.8, 4) is 21.9 Å². The maximum Gasteiger partial charge on any atom is 0.268 e. The number of fused-ring (bicyclic) bond motifs is 2. The predicted molar refractivity (Wildman–Crippen MR) is 76.7 cm³/mol. The van der Waals surface area contributed by atoms with Crippen molar-refractivity contribution in [3.05, 3.63) is 40.9 Å². The van der Waals surface area contributed by atoms with Crippen LogP contribution >= 0.6 is 11.3 Å². The van der Waals surface area contributed by atoms with E-state index in [4.69, 9.17) is 9.47 Å². The third-order valence-corrected chi connectivity index (χ3v) is 4.31. The Bertz CT molecular complexity index is 853. The molecular weight excluding hydrogens is 276 g/mol. The topological polar surface area (TPSA) is 64.2 Å². The Morgan fingerprint density at radius 2 is 2.15 bits per heavy atom. The van der Waals surface area contributed by atoms with Gasteiger partial charge in [-0.2, -0.15) is 0 Å². The van der Waals surface area contributed by atoms with Crippen LogP contribution in [0.3, 0.4) is 0 Å². The molecule has 1 aliphatic heterocycles. The Morgan fingerprint density at radius 1 is 1.25 bits per heavy atom. The molecule has 3 aromatic rings. The standard InChI is InChI=1S/C14H10N2O3S/c17-14-13-9(15-7-16-14)6-11(20-13)8-2-1-3-10-12(8)19-5-4-18-10/h1-3,6-7H,4-5H2,(H,15,16,17). The first-order valence-electron chi connectivity index (χ1n) is 6.19. The lowest BCUT2D eigenvalue weighted by Gasteiger charge is -2.20. The molecule has 5 nitrogen and oxygen atoms in total. The average Bonchev–Trinajstić information content (AvgIpc) is 2.92. The summed E-state index contributed by atoms with van der Waals surface area (Å²) in [5.74, 6) is 1.48. The van der Waals surface area contributed by atoms with Gasteiger partial charge in [-0.1, -0.05) is 6.07 Å². The van der Waals surface area contributed by atoms with Crippen LogP contribution in [0.25, 0.3) is 20.7 Å². The van der Waals surface area contributed by atoms with Gasteiger partial charge in [0.2, 0.25) is 0 Å². The highest BCUT2D eigenvalue weighted by molar-refractivity contribution is 7.22. The fraction of sp³-hybridized carbons (Fsp3) is 0.143. The van der Waals surface area contributed by atoms with Gasteiger partial charge in [0, 0.05) is 10.4 Å². The van der Waals surface area contributed by atoms with Crippen molar-refractivity contribution >= 4 is 21.6 Å². The van der Waals surface area contributed by atoms with Gasteiger partial charge in [0.05, 0.1) is 11.8 Å². The normalized spacial score (nSPS) is 13.6. The molecule has 2 aromatic heterocycles. The lowest BCUT2D eigenvalue weighted by atomic mass is 10.1. The average molecular weight is 286 g/mol. The SMILES string of the molecule is O=c1[nH]cnc2cc(-c3cccc4c3OCCO4)sc12. The second kappa shape index (κ2) is 4.35. The fourth-order valence-corrected chi connectivity index (χ4v) is 3.30. The number of hydrogen-bond donors (Lipinski definition) is 1. The summed E-state index contributed by atoms with van der Waals surface area (Å²) in [4.78, 5) is 19.5. The second-order valence-electron chi connectivity index (χ2n) is 4.39. The van der Waals surface area contributed by atoms with Crippen molar-refractivity contribution in [3.63, 3.8) is 0 Å². The summed E-state index contributed by atoms with van der Waals surface area (Å²) in [5, 5.41) is 0. The number of aromatic nitrogens is 2. The monoisotopic (exact) mass is 286 g/mol. The molecule has 0 unspecified atom stereocenters. The van der Waals surface area contributed by atoms with Crippen LogP contribution in [0.5, 0.6) is 11.5 Å². The van der Waals surface area contributed by atoms with Gasteiger partial charge in [-0.25, -0.2) is 4.98 Å². The molecule has 20 heavy (non-hydrogen) atoms. The number of ether oxygens (including phenoxy) is 2. The minimum atomic E-state index is -0.117. The maximum atomic E-state index is 11.8. The van der Waals surface area contributed by atoms with Crippen molar-refractivity contribution in [1.82, 2.24) is 9.97 Å². The molecule has 0 bridgehead atoms. The molecule has 0 saturated carbocycles. The van der Waals surface area contributed by atoms with Gasteiger partial charge in [0.15, 0.2) is 11.5 Å². The summed E-state index contributed by atoms with van der Waals surface area (Å²) in [7, 11) is 0. The van der Waals surface area contributed by atoms with E-state index in [2.05, 4.69) is 9.97 Å². The third-order valence-electron chi connectivity index (χ3n) is 3.15. The van der Waals surface area contributed by atoms with Crippen LogP contribution < -0.4 is 15.0 Å². The highest BCUT2D eigenvalue weighted by atomic mass is 32.1. The van der Waals surface area contributed by atoms with Crippen molar-refractivity contribution in [1.29, 1.82) is 0 Å². The zero-order chi connectivity index (χ0) is 13.5. The number of H-pyrrole nitrogens is 1. The van der Waals surface area contributed by atoms with Gasteiger partial charge in [-0.3, -0.25) is 4.79 Å². The number of aromatic amines is 1. The molecule has 0 amide bonds. The van der Waals surface area contributed by atoms with Crippen molar-refractivity contribution in [2.45, 2.75) is 0 Å². The molecular formula is C14H10N2O3S. The van der Waals surface area contributed by atoms with Gasteiger partial charge in [0.25, 0.3) is 5.56 Å². The van der Waals surface area contributed by atoms with E-state index in [0.29, 0.717) is 23.4 Å². The lowest BCUT2D eigenvalue weighted by Crippen LogP contribution is -2.15. The molecule has 3 heterocycles. The lowest BCUT2D eigenvalue weighted by molar-refractivity contribution is 0.172. The van der Waals surface area contributed by atoms with E-state index in [1.807, 2.05) is 24.3 Å². The molecule has 0 aliphatic carbocycles. The van der Waals surface area contributed by atoms with Gasteiger partial charge >= 0.3 is 0 Å². The van der Waals surface area contributed by atoms with Crippen LogP contribution in [-0.2, 0) is 0 Å². The van der Waals surface area contributed by atoms with E-state index < -0.39 is 0 Å². The quantitative estimate of drug-likeness (QED) is 0.746. The molecule has 0 fully saturated rings. The number of benzene rings is 1. The van der Waals surface area contributed by atoms with E-state index >= 15 is 0 Å². The largest absolute Gasteiger partial charge is 0.486 e. The number of nitrogens with zero attached hydrogens (tertiary/aromatic N) is 1.